The number of nitriles is 1. The van der Waals surface area contributed by atoms with Gasteiger partial charge in [-0.2, -0.15) is 5.26 Å². The van der Waals surface area contributed by atoms with Crippen LogP contribution in [0.5, 0.6) is 0 Å². The number of hydrogen-bond donors (Lipinski definition) is 0. The summed E-state index contributed by atoms with van der Waals surface area (Å²) in [7, 11) is 0. The van der Waals surface area contributed by atoms with Crippen LogP contribution in [0.3, 0.4) is 0 Å². The molecular formula is C13H12ClN3O. The summed E-state index contributed by atoms with van der Waals surface area (Å²) in [5, 5.41) is 9.34. The average Bonchev–Trinajstić information content (AvgIpc) is 2.89. The van der Waals surface area contributed by atoms with Gasteiger partial charge in [0.25, 0.3) is 0 Å². The lowest BCUT2D eigenvalue weighted by atomic mass is 10.2. The summed E-state index contributed by atoms with van der Waals surface area (Å²) in [6.45, 7) is 3.30. The molecule has 0 aromatic carbocycles. The molecule has 0 bridgehead atoms. The Kier molecular flexibility index (Phi) is 3.85. The van der Waals surface area contributed by atoms with Gasteiger partial charge < -0.3 is 9.32 Å². The highest BCUT2D eigenvalue weighted by molar-refractivity contribution is 6.34. The van der Waals surface area contributed by atoms with Crippen molar-refractivity contribution in [2.75, 3.05) is 11.4 Å². The zero-order valence-electron chi connectivity index (χ0n) is 9.93. The number of furan rings is 1. The first-order chi connectivity index (χ1) is 8.76. The third kappa shape index (κ3) is 2.47. The highest BCUT2D eigenvalue weighted by Gasteiger charge is 2.14. The smallest absolute Gasteiger partial charge is 0.149 e. The Hall–Kier alpha value is -1.99. The van der Waals surface area contributed by atoms with Gasteiger partial charge in [-0.15, -0.1) is 0 Å². The van der Waals surface area contributed by atoms with Crippen LogP contribution >= 0.6 is 11.6 Å². The summed E-state index contributed by atoms with van der Waals surface area (Å²) >= 11 is 6.17. The second kappa shape index (κ2) is 5.56. The van der Waals surface area contributed by atoms with Crippen LogP contribution in [-0.2, 0) is 6.54 Å². The van der Waals surface area contributed by atoms with Crippen molar-refractivity contribution in [2.45, 2.75) is 13.5 Å². The van der Waals surface area contributed by atoms with Gasteiger partial charge in [0, 0.05) is 12.7 Å². The summed E-state index contributed by atoms with van der Waals surface area (Å²) in [6.07, 6.45) is 3.22. The predicted octanol–water partition coefficient (Wildman–Crippen LogP) is 3.23. The van der Waals surface area contributed by atoms with Gasteiger partial charge in [-0.05, 0) is 25.1 Å². The van der Waals surface area contributed by atoms with Gasteiger partial charge in [-0.3, -0.25) is 0 Å². The molecule has 18 heavy (non-hydrogen) atoms. The maximum atomic E-state index is 8.95. The molecule has 0 aliphatic carbocycles. The lowest BCUT2D eigenvalue weighted by Gasteiger charge is -2.21. The number of rotatable bonds is 4. The summed E-state index contributed by atoms with van der Waals surface area (Å²) in [6, 6.07) is 7.39. The van der Waals surface area contributed by atoms with Crippen molar-refractivity contribution in [2.24, 2.45) is 0 Å². The van der Waals surface area contributed by atoms with Crippen LogP contribution in [0.15, 0.2) is 35.1 Å². The molecule has 4 nitrogen and oxygen atoms in total. The molecule has 2 aromatic rings. The van der Waals surface area contributed by atoms with Gasteiger partial charge in [-0.1, -0.05) is 11.6 Å². The van der Waals surface area contributed by atoms with Crippen molar-refractivity contribution >= 4 is 17.4 Å². The van der Waals surface area contributed by atoms with E-state index in [1.165, 1.54) is 0 Å². The van der Waals surface area contributed by atoms with E-state index in [4.69, 9.17) is 21.3 Å². The van der Waals surface area contributed by atoms with Gasteiger partial charge in [-0.25, -0.2) is 4.98 Å². The molecule has 0 spiro atoms. The fourth-order valence-corrected chi connectivity index (χ4v) is 1.94. The number of aromatic nitrogens is 1. The molecule has 0 fully saturated rings. The molecule has 0 aliphatic rings. The van der Waals surface area contributed by atoms with Crippen LogP contribution < -0.4 is 4.90 Å². The molecule has 0 N–H and O–H groups in total. The molecule has 0 aliphatic heterocycles. The first-order valence-corrected chi connectivity index (χ1v) is 5.96. The number of halogens is 1. The minimum atomic E-state index is 0.383. The van der Waals surface area contributed by atoms with E-state index in [1.54, 1.807) is 18.5 Å². The standard InChI is InChI=1S/C13H12ClN3O/c1-2-17(9-11-4-3-7-18-11)13-12(14)10(8-15)5-6-16-13/h3-7H,2,9H2,1H3. The van der Waals surface area contributed by atoms with Crippen LogP contribution in [0, 0.1) is 11.3 Å². The summed E-state index contributed by atoms with van der Waals surface area (Å²) < 4.78 is 5.31. The van der Waals surface area contributed by atoms with E-state index < -0.39 is 0 Å². The Morgan fingerprint density at radius 3 is 2.94 bits per heavy atom. The van der Waals surface area contributed by atoms with Gasteiger partial charge in [0.2, 0.25) is 0 Å². The fourth-order valence-electron chi connectivity index (χ4n) is 1.67. The van der Waals surface area contributed by atoms with Crippen LogP contribution in [-0.4, -0.2) is 11.5 Å². The Morgan fingerprint density at radius 2 is 2.33 bits per heavy atom. The first kappa shape index (κ1) is 12.5. The number of anilines is 1. The van der Waals surface area contributed by atoms with E-state index in [9.17, 15) is 0 Å². The van der Waals surface area contributed by atoms with E-state index in [2.05, 4.69) is 11.1 Å². The first-order valence-electron chi connectivity index (χ1n) is 5.58. The maximum Gasteiger partial charge on any atom is 0.149 e. The quantitative estimate of drug-likeness (QED) is 0.848. The Bertz CT molecular complexity index is 560. The second-order valence-electron chi connectivity index (χ2n) is 3.70. The molecule has 2 heterocycles. The topological polar surface area (TPSA) is 53.1 Å². The fraction of sp³-hybridized carbons (Fsp3) is 0.231. The summed E-state index contributed by atoms with van der Waals surface area (Å²) in [5.74, 6) is 1.44. The lowest BCUT2D eigenvalue weighted by Crippen LogP contribution is -2.23. The maximum absolute atomic E-state index is 8.95. The largest absolute Gasteiger partial charge is 0.467 e. The molecule has 0 atom stereocenters. The monoisotopic (exact) mass is 261 g/mol. The van der Waals surface area contributed by atoms with Gasteiger partial charge in [0.1, 0.15) is 22.7 Å². The Labute approximate surface area is 110 Å². The molecule has 5 heteroatoms. The minimum Gasteiger partial charge on any atom is -0.467 e. The Morgan fingerprint density at radius 1 is 1.50 bits per heavy atom. The molecular weight excluding hydrogens is 250 g/mol. The number of hydrogen-bond acceptors (Lipinski definition) is 4. The predicted molar refractivity (Wildman–Crippen MR) is 69.4 cm³/mol. The molecule has 0 saturated carbocycles. The lowest BCUT2D eigenvalue weighted by molar-refractivity contribution is 0.503. The van der Waals surface area contributed by atoms with Crippen molar-refractivity contribution in [3.05, 3.63) is 47.0 Å². The zero-order chi connectivity index (χ0) is 13.0. The van der Waals surface area contributed by atoms with Crippen molar-refractivity contribution in [3.8, 4) is 6.07 Å². The molecule has 0 saturated heterocycles. The molecule has 2 rings (SSSR count). The van der Waals surface area contributed by atoms with E-state index in [-0.39, 0.29) is 0 Å². The SMILES string of the molecule is CCN(Cc1ccco1)c1nccc(C#N)c1Cl. The average molecular weight is 262 g/mol. The summed E-state index contributed by atoms with van der Waals surface area (Å²) in [4.78, 5) is 6.20. The van der Waals surface area contributed by atoms with Crippen molar-refractivity contribution in [1.82, 2.24) is 4.98 Å². The van der Waals surface area contributed by atoms with Crippen LogP contribution in [0.4, 0.5) is 5.82 Å². The van der Waals surface area contributed by atoms with Crippen molar-refractivity contribution in [3.63, 3.8) is 0 Å². The minimum absolute atomic E-state index is 0.383. The molecule has 92 valence electrons. The van der Waals surface area contributed by atoms with Crippen LogP contribution in [0.1, 0.15) is 18.2 Å². The van der Waals surface area contributed by atoms with Crippen LogP contribution in [0.25, 0.3) is 0 Å². The molecule has 0 radical (unpaired) electrons. The zero-order valence-corrected chi connectivity index (χ0v) is 10.7. The summed E-state index contributed by atoms with van der Waals surface area (Å²) in [5.41, 5.74) is 0.430. The number of pyridine rings is 1. The highest BCUT2D eigenvalue weighted by Crippen LogP contribution is 2.27. The Balaban J connectivity index is 2.31. The molecule has 0 unspecified atom stereocenters. The highest BCUT2D eigenvalue weighted by atomic mass is 35.5. The molecule has 0 amide bonds. The van der Waals surface area contributed by atoms with E-state index >= 15 is 0 Å². The van der Waals surface area contributed by atoms with E-state index in [0.29, 0.717) is 22.9 Å². The van der Waals surface area contributed by atoms with Crippen molar-refractivity contribution < 1.29 is 4.42 Å². The van der Waals surface area contributed by atoms with Gasteiger partial charge in [0.15, 0.2) is 0 Å². The number of nitrogens with zero attached hydrogens (tertiary/aromatic N) is 3. The normalized spacial score (nSPS) is 10.1. The van der Waals surface area contributed by atoms with Gasteiger partial charge in [0.05, 0.1) is 18.4 Å². The second-order valence-corrected chi connectivity index (χ2v) is 4.08. The third-order valence-electron chi connectivity index (χ3n) is 2.60. The van der Waals surface area contributed by atoms with Gasteiger partial charge >= 0.3 is 0 Å². The van der Waals surface area contributed by atoms with Crippen molar-refractivity contribution in [1.29, 1.82) is 5.26 Å². The van der Waals surface area contributed by atoms with E-state index in [1.807, 2.05) is 24.0 Å². The third-order valence-corrected chi connectivity index (χ3v) is 2.97. The molecule has 2 aromatic heterocycles. The van der Waals surface area contributed by atoms with Crippen LogP contribution in [0.2, 0.25) is 5.02 Å². The van der Waals surface area contributed by atoms with E-state index in [0.717, 1.165) is 12.3 Å².